The van der Waals surface area contributed by atoms with Crippen molar-refractivity contribution in [1.29, 1.82) is 0 Å². The van der Waals surface area contributed by atoms with Crippen LogP contribution in [0.15, 0.2) is 0 Å². The number of carbonyl (C=O) groups is 1. The van der Waals surface area contributed by atoms with E-state index in [0.717, 1.165) is 45.6 Å². The second kappa shape index (κ2) is 6.68. The van der Waals surface area contributed by atoms with Crippen LogP contribution in [0.1, 0.15) is 32.6 Å². The van der Waals surface area contributed by atoms with Crippen LogP contribution in [0.2, 0.25) is 0 Å². The number of hydrogen-bond acceptors (Lipinski definition) is 5. The molecule has 0 amide bonds. The third kappa shape index (κ3) is 4.16. The van der Waals surface area contributed by atoms with Gasteiger partial charge in [-0.05, 0) is 32.6 Å². The Kier molecular flexibility index (Phi) is 5.19. The highest BCUT2D eigenvalue weighted by Crippen LogP contribution is 2.33. The number of β-amino-alcohol motifs (C(OH)–C–C–N with tert-alkyl or cyclic N) is 1. The van der Waals surface area contributed by atoms with E-state index in [1.165, 1.54) is 0 Å². The molecule has 0 atom stereocenters. The van der Waals surface area contributed by atoms with E-state index in [1.54, 1.807) is 0 Å². The molecule has 1 saturated heterocycles. The van der Waals surface area contributed by atoms with Crippen molar-refractivity contribution in [1.82, 2.24) is 10.2 Å². The van der Waals surface area contributed by atoms with Gasteiger partial charge in [0, 0.05) is 32.7 Å². The Hall–Kier alpha value is -0.650. The van der Waals surface area contributed by atoms with Crippen molar-refractivity contribution in [3.63, 3.8) is 0 Å². The van der Waals surface area contributed by atoms with Crippen molar-refractivity contribution in [2.24, 2.45) is 5.92 Å². The van der Waals surface area contributed by atoms with E-state index in [1.807, 2.05) is 6.92 Å². The van der Waals surface area contributed by atoms with E-state index in [9.17, 15) is 9.90 Å². The van der Waals surface area contributed by atoms with E-state index >= 15 is 0 Å². The van der Waals surface area contributed by atoms with Gasteiger partial charge in [-0.25, -0.2) is 0 Å². The van der Waals surface area contributed by atoms with Gasteiger partial charge in [0.15, 0.2) is 0 Å². The SMILES string of the molecule is CCOC(=O)C1CCC(O)(CN2CCNCC2)CC1. The Balaban J connectivity index is 1.78. The largest absolute Gasteiger partial charge is 0.466 e. The first-order chi connectivity index (χ1) is 9.13. The molecular weight excluding hydrogens is 244 g/mol. The summed E-state index contributed by atoms with van der Waals surface area (Å²) >= 11 is 0. The van der Waals surface area contributed by atoms with Crippen molar-refractivity contribution in [2.45, 2.75) is 38.2 Å². The smallest absolute Gasteiger partial charge is 0.308 e. The fourth-order valence-electron chi connectivity index (χ4n) is 3.09. The van der Waals surface area contributed by atoms with Gasteiger partial charge in [0.05, 0.1) is 18.1 Å². The predicted molar refractivity (Wildman–Crippen MR) is 72.9 cm³/mol. The molecule has 1 heterocycles. The third-order valence-electron chi connectivity index (χ3n) is 4.26. The molecule has 110 valence electrons. The average Bonchev–Trinajstić information content (AvgIpc) is 2.40. The lowest BCUT2D eigenvalue weighted by Crippen LogP contribution is -2.52. The van der Waals surface area contributed by atoms with Crippen LogP contribution in [0.5, 0.6) is 0 Å². The lowest BCUT2D eigenvalue weighted by Gasteiger charge is -2.40. The molecular formula is C14H26N2O3. The normalized spacial score (nSPS) is 33.1. The van der Waals surface area contributed by atoms with Gasteiger partial charge in [-0.15, -0.1) is 0 Å². The van der Waals surface area contributed by atoms with Crippen LogP contribution in [0.25, 0.3) is 0 Å². The molecule has 0 aromatic heterocycles. The quantitative estimate of drug-likeness (QED) is 0.723. The maximum absolute atomic E-state index is 11.7. The summed E-state index contributed by atoms with van der Waals surface area (Å²) in [5.74, 6) is -0.102. The summed E-state index contributed by atoms with van der Waals surface area (Å²) in [6, 6.07) is 0. The Bertz CT molecular complexity index is 295. The molecule has 2 fully saturated rings. The number of nitrogens with one attached hydrogen (secondary N) is 1. The first-order valence-corrected chi connectivity index (χ1v) is 7.45. The van der Waals surface area contributed by atoms with Crippen molar-refractivity contribution in [2.75, 3.05) is 39.3 Å². The van der Waals surface area contributed by atoms with Crippen molar-refractivity contribution >= 4 is 5.97 Å². The highest BCUT2D eigenvalue weighted by atomic mass is 16.5. The summed E-state index contributed by atoms with van der Waals surface area (Å²) in [6.45, 7) is 7.03. The lowest BCUT2D eigenvalue weighted by atomic mass is 9.78. The number of nitrogens with zero attached hydrogens (tertiary/aromatic N) is 1. The summed E-state index contributed by atoms with van der Waals surface area (Å²) in [7, 11) is 0. The molecule has 0 bridgehead atoms. The minimum absolute atomic E-state index is 0.0109. The molecule has 0 aromatic rings. The minimum atomic E-state index is -0.611. The van der Waals surface area contributed by atoms with E-state index in [0.29, 0.717) is 19.4 Å². The topological polar surface area (TPSA) is 61.8 Å². The van der Waals surface area contributed by atoms with E-state index < -0.39 is 5.60 Å². The molecule has 19 heavy (non-hydrogen) atoms. The van der Waals surface area contributed by atoms with Gasteiger partial charge in [0.25, 0.3) is 0 Å². The molecule has 1 saturated carbocycles. The minimum Gasteiger partial charge on any atom is -0.466 e. The maximum atomic E-state index is 11.7. The van der Waals surface area contributed by atoms with Crippen LogP contribution in [0.3, 0.4) is 0 Å². The van der Waals surface area contributed by atoms with Gasteiger partial charge in [-0.3, -0.25) is 9.69 Å². The fourth-order valence-corrected chi connectivity index (χ4v) is 3.09. The monoisotopic (exact) mass is 270 g/mol. The molecule has 2 N–H and O–H groups in total. The van der Waals surface area contributed by atoms with E-state index in [2.05, 4.69) is 10.2 Å². The van der Waals surface area contributed by atoms with Gasteiger partial charge >= 0.3 is 5.97 Å². The van der Waals surface area contributed by atoms with Crippen LogP contribution < -0.4 is 5.32 Å². The zero-order chi connectivity index (χ0) is 13.7. The van der Waals surface area contributed by atoms with Crippen LogP contribution in [-0.2, 0) is 9.53 Å². The van der Waals surface area contributed by atoms with Crippen LogP contribution in [0.4, 0.5) is 0 Å². The van der Waals surface area contributed by atoms with Crippen LogP contribution in [-0.4, -0.2) is 60.9 Å². The summed E-state index contributed by atoms with van der Waals surface area (Å²) in [5.41, 5.74) is -0.611. The Morgan fingerprint density at radius 3 is 2.58 bits per heavy atom. The number of hydrogen-bond donors (Lipinski definition) is 2. The van der Waals surface area contributed by atoms with Gasteiger partial charge in [-0.1, -0.05) is 0 Å². The van der Waals surface area contributed by atoms with Gasteiger partial charge in [0.2, 0.25) is 0 Å². The number of ether oxygens (including phenoxy) is 1. The molecule has 1 aliphatic carbocycles. The van der Waals surface area contributed by atoms with Crippen molar-refractivity contribution < 1.29 is 14.6 Å². The maximum Gasteiger partial charge on any atom is 0.308 e. The first-order valence-electron chi connectivity index (χ1n) is 7.45. The van der Waals surface area contributed by atoms with E-state index in [-0.39, 0.29) is 11.9 Å². The first kappa shape index (κ1) is 14.8. The van der Waals surface area contributed by atoms with Gasteiger partial charge in [-0.2, -0.15) is 0 Å². The highest BCUT2D eigenvalue weighted by molar-refractivity contribution is 5.72. The molecule has 2 aliphatic rings. The van der Waals surface area contributed by atoms with Crippen LogP contribution >= 0.6 is 0 Å². The molecule has 0 unspecified atom stereocenters. The fraction of sp³-hybridized carbons (Fsp3) is 0.929. The van der Waals surface area contributed by atoms with Crippen LogP contribution in [0, 0.1) is 5.92 Å². The summed E-state index contributed by atoms with van der Waals surface area (Å²) in [5, 5.41) is 14.0. The Morgan fingerprint density at radius 2 is 2.00 bits per heavy atom. The average molecular weight is 270 g/mol. The molecule has 0 aromatic carbocycles. The third-order valence-corrected chi connectivity index (χ3v) is 4.26. The van der Waals surface area contributed by atoms with Crippen molar-refractivity contribution in [3.8, 4) is 0 Å². The molecule has 2 rings (SSSR count). The zero-order valence-electron chi connectivity index (χ0n) is 11.9. The predicted octanol–water partition coefficient (Wildman–Crippen LogP) is 0.376. The summed E-state index contributed by atoms with van der Waals surface area (Å²) < 4.78 is 5.06. The van der Waals surface area contributed by atoms with Gasteiger partial charge < -0.3 is 15.2 Å². The van der Waals surface area contributed by atoms with E-state index in [4.69, 9.17) is 4.74 Å². The van der Waals surface area contributed by atoms with Gasteiger partial charge in [0.1, 0.15) is 0 Å². The molecule has 0 radical (unpaired) electrons. The number of rotatable bonds is 4. The second-order valence-electron chi connectivity index (χ2n) is 5.78. The Labute approximate surface area is 115 Å². The van der Waals surface area contributed by atoms with Crippen molar-refractivity contribution in [3.05, 3.63) is 0 Å². The lowest BCUT2D eigenvalue weighted by molar-refractivity contribution is -0.151. The second-order valence-corrected chi connectivity index (χ2v) is 5.78. The highest BCUT2D eigenvalue weighted by Gasteiger charge is 2.37. The number of carbonyl (C=O) groups excluding carboxylic acids is 1. The molecule has 5 heteroatoms. The molecule has 0 spiro atoms. The number of piperazine rings is 1. The summed E-state index contributed by atoms with van der Waals surface area (Å²) in [4.78, 5) is 14.0. The number of esters is 1. The zero-order valence-corrected chi connectivity index (χ0v) is 11.9. The number of aliphatic hydroxyl groups is 1. The Morgan fingerprint density at radius 1 is 1.37 bits per heavy atom. The molecule has 5 nitrogen and oxygen atoms in total. The standard InChI is InChI=1S/C14H26N2O3/c1-2-19-13(17)12-3-5-14(18,6-4-12)11-16-9-7-15-8-10-16/h12,15,18H,2-11H2,1H3. The molecule has 1 aliphatic heterocycles. The summed E-state index contributed by atoms with van der Waals surface area (Å²) in [6.07, 6.45) is 2.92.